The number of carbonyl (C=O) groups excluding carboxylic acids is 2. The summed E-state index contributed by atoms with van der Waals surface area (Å²) in [6.45, 7) is 3.33. The minimum atomic E-state index is -4.41. The molecule has 0 saturated carbocycles. The zero-order valence-electron chi connectivity index (χ0n) is 31.3. The maximum absolute atomic E-state index is 12.5. The van der Waals surface area contributed by atoms with Crippen molar-refractivity contribution in [3.63, 3.8) is 0 Å². The topological polar surface area (TPSA) is 134 Å². The van der Waals surface area contributed by atoms with Crippen molar-refractivity contribution in [1.82, 2.24) is 0 Å². The third kappa shape index (κ3) is 36.5. The quantitative estimate of drug-likeness (QED) is 0.0293. The predicted molar refractivity (Wildman–Crippen MR) is 210 cm³/mol. The summed E-state index contributed by atoms with van der Waals surface area (Å²) in [6, 6.07) is 0. The summed E-state index contributed by atoms with van der Waals surface area (Å²) in [4.78, 5) is 34.6. The third-order valence-corrected chi connectivity index (χ3v) is 7.98. The predicted octanol–water partition coefficient (Wildman–Crippen LogP) is 10.3. The molecule has 0 aliphatic rings. The number of nitrogens with two attached hydrogens (primary N) is 1. The fraction of sp³-hybridized carbons (Fsp3) is 0.561. The lowest BCUT2D eigenvalue weighted by Gasteiger charge is -2.19. The molecule has 10 heteroatoms. The molecule has 0 aliphatic carbocycles. The van der Waals surface area contributed by atoms with Gasteiger partial charge in [-0.3, -0.25) is 18.6 Å². The van der Waals surface area contributed by atoms with Gasteiger partial charge in [-0.05, 0) is 70.6 Å². The second-order valence-corrected chi connectivity index (χ2v) is 13.1. The van der Waals surface area contributed by atoms with E-state index in [0.717, 1.165) is 77.0 Å². The Morgan fingerprint density at radius 1 is 0.608 bits per heavy atom. The number of phosphoric acid groups is 1. The fourth-order valence-corrected chi connectivity index (χ4v) is 5.07. The summed E-state index contributed by atoms with van der Waals surface area (Å²) >= 11 is 0. The van der Waals surface area contributed by atoms with Gasteiger partial charge in [0.25, 0.3) is 0 Å². The number of esters is 2. The Labute approximate surface area is 308 Å². The molecule has 51 heavy (non-hydrogen) atoms. The van der Waals surface area contributed by atoms with E-state index in [2.05, 4.69) is 92.8 Å². The number of rotatable bonds is 33. The van der Waals surface area contributed by atoms with Gasteiger partial charge in [0.1, 0.15) is 6.61 Å². The Morgan fingerprint density at radius 2 is 1.08 bits per heavy atom. The van der Waals surface area contributed by atoms with E-state index in [9.17, 15) is 19.0 Å². The van der Waals surface area contributed by atoms with Gasteiger partial charge in [0.05, 0.1) is 19.6 Å². The van der Waals surface area contributed by atoms with Crippen LogP contribution in [0.5, 0.6) is 0 Å². The van der Waals surface area contributed by atoms with E-state index >= 15 is 0 Å². The van der Waals surface area contributed by atoms with Crippen molar-refractivity contribution in [2.24, 2.45) is 5.73 Å². The molecule has 0 heterocycles. The molecular formula is C41H66NO8P. The van der Waals surface area contributed by atoms with Crippen LogP contribution in [0.15, 0.2) is 97.2 Å². The molecule has 0 aromatic rings. The highest BCUT2D eigenvalue weighted by Crippen LogP contribution is 2.43. The first-order chi connectivity index (χ1) is 24.8. The Bertz CT molecular complexity index is 1150. The monoisotopic (exact) mass is 731 g/mol. The van der Waals surface area contributed by atoms with Crippen molar-refractivity contribution >= 4 is 19.8 Å². The maximum Gasteiger partial charge on any atom is 0.472 e. The summed E-state index contributed by atoms with van der Waals surface area (Å²) in [5, 5.41) is 0. The van der Waals surface area contributed by atoms with Gasteiger partial charge >= 0.3 is 19.8 Å². The van der Waals surface area contributed by atoms with Gasteiger partial charge in [-0.15, -0.1) is 0 Å². The minimum Gasteiger partial charge on any atom is -0.462 e. The molecule has 0 fully saturated rings. The van der Waals surface area contributed by atoms with Crippen LogP contribution in [0.4, 0.5) is 0 Å². The molecule has 0 radical (unpaired) electrons. The number of allylic oxidation sites excluding steroid dienone is 15. The van der Waals surface area contributed by atoms with Gasteiger partial charge in [-0.25, -0.2) is 4.57 Å². The van der Waals surface area contributed by atoms with E-state index < -0.39 is 32.5 Å². The average Bonchev–Trinajstić information content (AvgIpc) is 3.11. The summed E-state index contributed by atoms with van der Waals surface area (Å²) in [5.74, 6) is -1.01. The largest absolute Gasteiger partial charge is 0.472 e. The van der Waals surface area contributed by atoms with E-state index in [1.165, 1.54) is 0 Å². The van der Waals surface area contributed by atoms with Crippen LogP contribution in [-0.2, 0) is 32.7 Å². The molecule has 3 N–H and O–H groups in total. The fourth-order valence-electron chi connectivity index (χ4n) is 4.31. The Balaban J connectivity index is 4.43. The third-order valence-electron chi connectivity index (χ3n) is 7.00. The standard InChI is InChI=1S/C41H66NO8P/c1-3-5-7-9-11-13-15-17-19-21-23-25-27-29-31-33-40(43)47-37-39(38-49-51(45,46)48-36-35-42)50-41(44)34-32-30-28-26-24-22-20-18-16-14-12-10-8-6-4-2/h5-8,11-14,17-20,24,26,30,32,39H,3-4,9-10,15-16,21-23,25,27-29,31,33-38,42H2,1-2H3,(H,45,46)/b7-5-,8-6-,13-11-,14-12-,19-17-,20-18-,26-24-,32-30-. The SMILES string of the molecule is CC/C=C\C/C=C\C/C=C\C/C=C\C/C=C\CC(=O)OC(COC(=O)CCCCCCC/C=C\C/C=C\C/C=C\CC)COP(=O)(O)OCCN. The number of hydrogen-bond donors (Lipinski definition) is 2. The van der Waals surface area contributed by atoms with E-state index in [1.54, 1.807) is 6.08 Å². The lowest BCUT2D eigenvalue weighted by Crippen LogP contribution is -2.29. The van der Waals surface area contributed by atoms with Crippen molar-refractivity contribution in [2.75, 3.05) is 26.4 Å². The van der Waals surface area contributed by atoms with Crippen molar-refractivity contribution < 1.29 is 37.6 Å². The molecule has 2 unspecified atom stereocenters. The van der Waals surface area contributed by atoms with E-state index in [4.69, 9.17) is 24.3 Å². The number of ether oxygens (including phenoxy) is 2. The molecule has 0 saturated heterocycles. The first-order valence-corrected chi connectivity index (χ1v) is 20.2. The second-order valence-electron chi connectivity index (χ2n) is 11.7. The molecule has 288 valence electrons. The minimum absolute atomic E-state index is 0.0117. The van der Waals surface area contributed by atoms with E-state index in [-0.39, 0.29) is 32.6 Å². The van der Waals surface area contributed by atoms with Crippen LogP contribution in [0.25, 0.3) is 0 Å². The maximum atomic E-state index is 12.5. The summed E-state index contributed by atoms with van der Waals surface area (Å²) in [5.41, 5.74) is 5.32. The molecule has 0 aromatic heterocycles. The molecular weight excluding hydrogens is 665 g/mol. The van der Waals surface area contributed by atoms with Gasteiger partial charge in [-0.1, -0.05) is 130 Å². The Hall–Kier alpha value is -3.07. The second kappa shape index (κ2) is 36.7. The number of carbonyl (C=O) groups is 2. The van der Waals surface area contributed by atoms with Crippen LogP contribution in [0.1, 0.15) is 117 Å². The highest BCUT2D eigenvalue weighted by molar-refractivity contribution is 7.47. The lowest BCUT2D eigenvalue weighted by atomic mass is 10.1. The molecule has 0 bridgehead atoms. The van der Waals surface area contributed by atoms with Crippen molar-refractivity contribution in [1.29, 1.82) is 0 Å². The highest BCUT2D eigenvalue weighted by Gasteiger charge is 2.25. The molecule has 0 rings (SSSR count). The van der Waals surface area contributed by atoms with Gasteiger partial charge in [-0.2, -0.15) is 0 Å². The van der Waals surface area contributed by atoms with Crippen LogP contribution in [-0.4, -0.2) is 49.3 Å². The van der Waals surface area contributed by atoms with Crippen molar-refractivity contribution in [3.05, 3.63) is 97.2 Å². The van der Waals surface area contributed by atoms with Crippen LogP contribution in [0, 0.1) is 0 Å². The summed E-state index contributed by atoms with van der Waals surface area (Å²) in [7, 11) is -4.41. The van der Waals surface area contributed by atoms with Crippen molar-refractivity contribution in [3.8, 4) is 0 Å². The number of unbranched alkanes of at least 4 members (excludes halogenated alkanes) is 5. The van der Waals surface area contributed by atoms with E-state index in [0.29, 0.717) is 12.8 Å². The van der Waals surface area contributed by atoms with Gasteiger partial charge < -0.3 is 20.1 Å². The Kier molecular flexibility index (Phi) is 34.5. The molecule has 0 aliphatic heterocycles. The lowest BCUT2D eigenvalue weighted by molar-refractivity contribution is -0.160. The van der Waals surface area contributed by atoms with Crippen molar-refractivity contribution in [2.45, 2.75) is 123 Å². The molecule has 9 nitrogen and oxygen atoms in total. The molecule has 2 atom stereocenters. The zero-order valence-corrected chi connectivity index (χ0v) is 32.2. The normalized spacial score (nSPS) is 14.5. The average molecular weight is 732 g/mol. The number of hydrogen-bond acceptors (Lipinski definition) is 8. The van der Waals surface area contributed by atoms with Gasteiger partial charge in [0.15, 0.2) is 6.10 Å². The highest BCUT2D eigenvalue weighted by atomic mass is 31.2. The first-order valence-electron chi connectivity index (χ1n) is 18.7. The molecule has 0 aromatic carbocycles. The number of phosphoric ester groups is 1. The molecule has 0 spiro atoms. The zero-order chi connectivity index (χ0) is 37.5. The molecule has 0 amide bonds. The van der Waals surface area contributed by atoms with Crippen LogP contribution >= 0.6 is 7.82 Å². The van der Waals surface area contributed by atoms with Gasteiger partial charge in [0.2, 0.25) is 0 Å². The van der Waals surface area contributed by atoms with E-state index in [1.807, 2.05) is 12.2 Å². The van der Waals surface area contributed by atoms with Crippen LogP contribution < -0.4 is 5.73 Å². The first kappa shape index (κ1) is 47.9. The van der Waals surface area contributed by atoms with Crippen LogP contribution in [0.3, 0.4) is 0 Å². The van der Waals surface area contributed by atoms with Gasteiger partial charge in [0, 0.05) is 13.0 Å². The van der Waals surface area contributed by atoms with Crippen LogP contribution in [0.2, 0.25) is 0 Å². The Morgan fingerprint density at radius 3 is 1.61 bits per heavy atom. The summed E-state index contributed by atoms with van der Waals surface area (Å²) < 4.78 is 32.5. The smallest absolute Gasteiger partial charge is 0.462 e. The summed E-state index contributed by atoms with van der Waals surface area (Å²) in [6.07, 6.45) is 46.1.